The van der Waals surface area contributed by atoms with E-state index in [1.807, 2.05) is 12.3 Å². The Morgan fingerprint density at radius 2 is 2.16 bits per heavy atom. The molecule has 19 heavy (non-hydrogen) atoms. The van der Waals surface area contributed by atoms with E-state index < -0.39 is 0 Å². The van der Waals surface area contributed by atoms with Crippen LogP contribution in [0.1, 0.15) is 0 Å². The van der Waals surface area contributed by atoms with Crippen LogP contribution in [0.25, 0.3) is 22.0 Å². The molecule has 0 saturated carbocycles. The predicted octanol–water partition coefficient (Wildman–Crippen LogP) is 3.60. The summed E-state index contributed by atoms with van der Waals surface area (Å²) in [5, 5.41) is 11.0. The molecule has 2 aromatic heterocycles. The number of pyridine rings is 1. The molecule has 0 radical (unpaired) electrons. The van der Waals surface area contributed by atoms with Gasteiger partial charge in [0, 0.05) is 23.5 Å². The first-order valence-electron chi connectivity index (χ1n) is 5.68. The SMILES string of the molecule is COc1ccc(Cl)c2[nH]cc(-c3cncc(O)c3)c12. The normalized spacial score (nSPS) is 10.8. The van der Waals surface area contributed by atoms with Gasteiger partial charge in [0.05, 0.1) is 29.2 Å². The Balaban J connectivity index is 2.33. The van der Waals surface area contributed by atoms with Crippen LogP contribution in [0.4, 0.5) is 0 Å². The third-order valence-corrected chi connectivity index (χ3v) is 3.32. The maximum Gasteiger partial charge on any atom is 0.134 e. The van der Waals surface area contributed by atoms with E-state index in [2.05, 4.69) is 9.97 Å². The minimum absolute atomic E-state index is 0.118. The van der Waals surface area contributed by atoms with Gasteiger partial charge in [0.2, 0.25) is 0 Å². The molecule has 96 valence electrons. The van der Waals surface area contributed by atoms with E-state index in [4.69, 9.17) is 16.3 Å². The number of methoxy groups -OCH3 is 1. The number of hydrogen-bond donors (Lipinski definition) is 2. The summed E-state index contributed by atoms with van der Waals surface area (Å²) in [6, 6.07) is 5.25. The van der Waals surface area contributed by atoms with Crippen LogP contribution in [-0.2, 0) is 0 Å². The highest BCUT2D eigenvalue weighted by atomic mass is 35.5. The molecule has 1 aromatic carbocycles. The second-order valence-electron chi connectivity index (χ2n) is 4.13. The molecule has 0 saturated heterocycles. The Morgan fingerprint density at radius 1 is 1.32 bits per heavy atom. The number of H-pyrrole nitrogens is 1. The first-order chi connectivity index (χ1) is 9.20. The van der Waals surface area contributed by atoms with Crippen molar-refractivity contribution in [3.05, 3.63) is 41.8 Å². The third kappa shape index (κ3) is 1.90. The quantitative estimate of drug-likeness (QED) is 0.751. The van der Waals surface area contributed by atoms with Gasteiger partial charge in [0.1, 0.15) is 11.5 Å². The van der Waals surface area contributed by atoms with Crippen LogP contribution in [0.3, 0.4) is 0 Å². The lowest BCUT2D eigenvalue weighted by Crippen LogP contribution is -1.85. The Morgan fingerprint density at radius 3 is 2.89 bits per heavy atom. The molecule has 0 amide bonds. The Bertz CT molecular complexity index is 752. The molecule has 0 atom stereocenters. The number of aromatic nitrogens is 2. The van der Waals surface area contributed by atoms with Crippen LogP contribution in [-0.4, -0.2) is 22.2 Å². The molecule has 4 nitrogen and oxygen atoms in total. The van der Waals surface area contributed by atoms with Crippen molar-refractivity contribution in [1.29, 1.82) is 0 Å². The summed E-state index contributed by atoms with van der Waals surface area (Å²) in [6.45, 7) is 0. The molecule has 0 aliphatic heterocycles. The Kier molecular flexibility index (Phi) is 2.80. The molecule has 2 heterocycles. The first-order valence-corrected chi connectivity index (χ1v) is 6.06. The molecule has 0 spiro atoms. The van der Waals surface area contributed by atoms with Gasteiger partial charge in [-0.3, -0.25) is 4.98 Å². The molecule has 0 aliphatic carbocycles. The highest BCUT2D eigenvalue weighted by molar-refractivity contribution is 6.35. The fraction of sp³-hybridized carbons (Fsp3) is 0.0714. The summed E-state index contributed by atoms with van der Waals surface area (Å²) in [4.78, 5) is 7.11. The van der Waals surface area contributed by atoms with Crippen LogP contribution >= 0.6 is 11.6 Å². The number of fused-ring (bicyclic) bond motifs is 1. The summed E-state index contributed by atoms with van der Waals surface area (Å²) in [5.41, 5.74) is 2.49. The van der Waals surface area contributed by atoms with Gasteiger partial charge in [-0.15, -0.1) is 0 Å². The van der Waals surface area contributed by atoms with Crippen molar-refractivity contribution < 1.29 is 9.84 Å². The average molecular weight is 275 g/mol. The summed E-state index contributed by atoms with van der Waals surface area (Å²) < 4.78 is 5.37. The number of benzene rings is 1. The minimum atomic E-state index is 0.118. The molecule has 3 rings (SSSR count). The maximum atomic E-state index is 9.54. The Labute approximate surface area is 114 Å². The van der Waals surface area contributed by atoms with Crippen LogP contribution in [0, 0.1) is 0 Å². The number of hydrogen-bond acceptors (Lipinski definition) is 3. The molecule has 0 fully saturated rings. The minimum Gasteiger partial charge on any atom is -0.506 e. The van der Waals surface area contributed by atoms with Crippen molar-refractivity contribution >= 4 is 22.5 Å². The number of aromatic amines is 1. The highest BCUT2D eigenvalue weighted by Gasteiger charge is 2.14. The summed E-state index contributed by atoms with van der Waals surface area (Å²) in [5.74, 6) is 0.840. The van der Waals surface area contributed by atoms with E-state index in [-0.39, 0.29) is 5.75 Å². The number of rotatable bonds is 2. The summed E-state index contributed by atoms with van der Waals surface area (Å²) in [7, 11) is 1.61. The van der Waals surface area contributed by atoms with Crippen LogP contribution in [0.5, 0.6) is 11.5 Å². The van der Waals surface area contributed by atoms with Crippen molar-refractivity contribution in [3.63, 3.8) is 0 Å². The van der Waals surface area contributed by atoms with Crippen LogP contribution in [0.2, 0.25) is 5.02 Å². The maximum absolute atomic E-state index is 9.54. The molecule has 0 aliphatic rings. The number of nitrogens with zero attached hydrogens (tertiary/aromatic N) is 1. The van der Waals surface area contributed by atoms with E-state index >= 15 is 0 Å². The van der Waals surface area contributed by atoms with Crippen molar-refractivity contribution in [2.45, 2.75) is 0 Å². The zero-order valence-corrected chi connectivity index (χ0v) is 10.9. The van der Waals surface area contributed by atoms with Crippen LogP contribution in [0.15, 0.2) is 36.8 Å². The lowest BCUT2D eigenvalue weighted by atomic mass is 10.1. The zero-order chi connectivity index (χ0) is 13.4. The molecular formula is C14H11ClN2O2. The van der Waals surface area contributed by atoms with Gasteiger partial charge in [0.25, 0.3) is 0 Å². The average Bonchev–Trinajstić information content (AvgIpc) is 2.85. The van der Waals surface area contributed by atoms with Gasteiger partial charge in [-0.25, -0.2) is 0 Å². The molecule has 2 N–H and O–H groups in total. The van der Waals surface area contributed by atoms with Crippen molar-refractivity contribution in [2.75, 3.05) is 7.11 Å². The summed E-state index contributed by atoms with van der Waals surface area (Å²) in [6.07, 6.45) is 4.90. The zero-order valence-electron chi connectivity index (χ0n) is 10.1. The Hall–Kier alpha value is -2.20. The van der Waals surface area contributed by atoms with Gasteiger partial charge >= 0.3 is 0 Å². The van der Waals surface area contributed by atoms with Gasteiger partial charge in [-0.2, -0.15) is 0 Å². The van der Waals surface area contributed by atoms with Crippen molar-refractivity contribution in [1.82, 2.24) is 9.97 Å². The predicted molar refractivity (Wildman–Crippen MR) is 74.8 cm³/mol. The van der Waals surface area contributed by atoms with Gasteiger partial charge < -0.3 is 14.8 Å². The molecule has 0 unspecified atom stereocenters. The van der Waals surface area contributed by atoms with Gasteiger partial charge in [-0.05, 0) is 18.2 Å². The highest BCUT2D eigenvalue weighted by Crippen LogP contribution is 2.38. The smallest absolute Gasteiger partial charge is 0.134 e. The fourth-order valence-corrected chi connectivity index (χ4v) is 2.37. The second kappa shape index (κ2) is 4.48. The number of halogens is 1. The number of ether oxygens (including phenoxy) is 1. The second-order valence-corrected chi connectivity index (χ2v) is 4.54. The van der Waals surface area contributed by atoms with Crippen molar-refractivity contribution in [2.24, 2.45) is 0 Å². The van der Waals surface area contributed by atoms with Crippen LogP contribution < -0.4 is 4.74 Å². The van der Waals surface area contributed by atoms with E-state index in [9.17, 15) is 5.11 Å². The topological polar surface area (TPSA) is 58.1 Å². The summed E-state index contributed by atoms with van der Waals surface area (Å²) >= 11 is 6.17. The molecular weight excluding hydrogens is 264 g/mol. The van der Waals surface area contributed by atoms with E-state index in [0.29, 0.717) is 5.02 Å². The van der Waals surface area contributed by atoms with Crippen molar-refractivity contribution in [3.8, 4) is 22.6 Å². The van der Waals surface area contributed by atoms with Gasteiger partial charge in [-0.1, -0.05) is 11.6 Å². The third-order valence-electron chi connectivity index (χ3n) is 3.00. The number of aromatic hydroxyl groups is 1. The van der Waals surface area contributed by atoms with Gasteiger partial charge in [0.15, 0.2) is 0 Å². The molecule has 0 bridgehead atoms. The largest absolute Gasteiger partial charge is 0.506 e. The number of nitrogens with one attached hydrogen (secondary N) is 1. The molecule has 3 aromatic rings. The lowest BCUT2D eigenvalue weighted by molar-refractivity contribution is 0.420. The van der Waals surface area contributed by atoms with E-state index in [0.717, 1.165) is 27.8 Å². The standard InChI is InChI=1S/C14H11ClN2O2/c1-19-12-3-2-11(15)14-13(12)10(7-17-14)8-4-9(18)6-16-5-8/h2-7,17-18H,1H3. The lowest BCUT2D eigenvalue weighted by Gasteiger charge is -2.06. The van der Waals surface area contributed by atoms with E-state index in [1.165, 1.54) is 6.20 Å². The van der Waals surface area contributed by atoms with E-state index in [1.54, 1.807) is 25.4 Å². The fourth-order valence-electron chi connectivity index (χ4n) is 2.16. The molecule has 5 heteroatoms. The monoisotopic (exact) mass is 274 g/mol. The first kappa shape index (κ1) is 11.9.